The van der Waals surface area contributed by atoms with Crippen LogP contribution in [0.5, 0.6) is 0 Å². The number of halogens is 1. The van der Waals surface area contributed by atoms with Crippen LogP contribution in [0.15, 0.2) is 24.3 Å². The molecule has 0 radical (unpaired) electrons. The smallest absolute Gasteiger partial charge is 0.254 e. The van der Waals surface area contributed by atoms with Gasteiger partial charge in [0.15, 0.2) is 0 Å². The quantitative estimate of drug-likeness (QED) is 0.687. The van der Waals surface area contributed by atoms with E-state index in [-0.39, 0.29) is 11.9 Å². The molecule has 0 fully saturated rings. The molecule has 5 nitrogen and oxygen atoms in total. The van der Waals surface area contributed by atoms with Crippen molar-refractivity contribution in [2.45, 2.75) is 40.3 Å². The summed E-state index contributed by atoms with van der Waals surface area (Å²) < 4.78 is 3.96. The molecular formula is C20H25ClN4O. The zero-order chi connectivity index (χ0) is 19.2. The monoisotopic (exact) mass is 372 g/mol. The van der Waals surface area contributed by atoms with E-state index < -0.39 is 0 Å². The molecule has 6 heteroatoms. The number of nitrogens with zero attached hydrogens (tertiary/aromatic N) is 4. The van der Waals surface area contributed by atoms with Crippen LogP contribution in [0.25, 0.3) is 11.0 Å². The highest BCUT2D eigenvalue weighted by Gasteiger charge is 2.22. The lowest BCUT2D eigenvalue weighted by molar-refractivity contribution is 0.0690. The first-order valence-corrected chi connectivity index (χ1v) is 9.13. The van der Waals surface area contributed by atoms with Gasteiger partial charge in [-0.2, -0.15) is 0 Å². The van der Waals surface area contributed by atoms with Gasteiger partial charge in [-0.25, -0.2) is 4.98 Å². The fourth-order valence-electron chi connectivity index (χ4n) is 3.24. The van der Waals surface area contributed by atoms with Gasteiger partial charge in [-0.1, -0.05) is 0 Å². The second kappa shape index (κ2) is 6.80. The molecule has 0 aliphatic heterocycles. The Morgan fingerprint density at radius 3 is 2.46 bits per heavy atom. The SMILES string of the molecule is Cc1cc(CN(C(=O)c2ccc3c(c2)nc(Cl)n3C)C(C)C)c(C)n1C. The highest BCUT2D eigenvalue weighted by molar-refractivity contribution is 6.29. The van der Waals surface area contributed by atoms with E-state index in [2.05, 4.69) is 36.5 Å². The van der Waals surface area contributed by atoms with E-state index in [4.69, 9.17) is 11.6 Å². The van der Waals surface area contributed by atoms with Crippen molar-refractivity contribution in [2.75, 3.05) is 0 Å². The first kappa shape index (κ1) is 18.5. The third-order valence-corrected chi connectivity index (χ3v) is 5.52. The van der Waals surface area contributed by atoms with Gasteiger partial charge in [0.05, 0.1) is 11.0 Å². The third kappa shape index (κ3) is 3.12. The Bertz CT molecular complexity index is 984. The van der Waals surface area contributed by atoms with Crippen LogP contribution in [0.1, 0.15) is 41.2 Å². The van der Waals surface area contributed by atoms with Gasteiger partial charge >= 0.3 is 0 Å². The van der Waals surface area contributed by atoms with Crippen molar-refractivity contribution in [1.82, 2.24) is 19.0 Å². The zero-order valence-electron chi connectivity index (χ0n) is 16.2. The van der Waals surface area contributed by atoms with Gasteiger partial charge in [0.25, 0.3) is 5.91 Å². The Balaban J connectivity index is 1.95. The Labute approximate surface area is 159 Å². The summed E-state index contributed by atoms with van der Waals surface area (Å²) in [4.78, 5) is 19.4. The number of fused-ring (bicyclic) bond motifs is 1. The molecule has 0 aliphatic carbocycles. The number of hydrogen-bond donors (Lipinski definition) is 0. The van der Waals surface area contributed by atoms with E-state index in [1.165, 1.54) is 17.0 Å². The fraction of sp³-hybridized carbons (Fsp3) is 0.400. The lowest BCUT2D eigenvalue weighted by Gasteiger charge is -2.27. The Morgan fingerprint density at radius 2 is 1.88 bits per heavy atom. The maximum atomic E-state index is 13.2. The van der Waals surface area contributed by atoms with Crippen LogP contribution in [-0.4, -0.2) is 31.0 Å². The molecule has 1 amide bonds. The summed E-state index contributed by atoms with van der Waals surface area (Å²) >= 11 is 6.09. The molecule has 0 aliphatic rings. The van der Waals surface area contributed by atoms with Crippen LogP contribution >= 0.6 is 11.6 Å². The van der Waals surface area contributed by atoms with Gasteiger partial charge in [0.2, 0.25) is 5.28 Å². The average molecular weight is 373 g/mol. The Hall–Kier alpha value is -2.27. The number of carbonyl (C=O) groups excluding carboxylic acids is 1. The molecule has 26 heavy (non-hydrogen) atoms. The molecule has 138 valence electrons. The summed E-state index contributed by atoms with van der Waals surface area (Å²) in [5, 5.41) is 0.417. The summed E-state index contributed by atoms with van der Waals surface area (Å²) in [7, 11) is 3.91. The van der Waals surface area contributed by atoms with Crippen LogP contribution in [-0.2, 0) is 20.6 Å². The number of imidazole rings is 1. The van der Waals surface area contributed by atoms with Crippen LogP contribution < -0.4 is 0 Å². The maximum Gasteiger partial charge on any atom is 0.254 e. The number of hydrogen-bond acceptors (Lipinski definition) is 2. The Morgan fingerprint density at radius 1 is 1.19 bits per heavy atom. The molecule has 1 aromatic carbocycles. The topological polar surface area (TPSA) is 43.1 Å². The molecule has 0 bridgehead atoms. The number of aromatic nitrogens is 3. The van der Waals surface area contributed by atoms with Gasteiger partial charge in [0.1, 0.15) is 0 Å². The standard InChI is InChI=1S/C20H25ClN4O/c1-12(2)25(11-16-9-13(3)23(5)14(16)4)19(26)15-7-8-18-17(10-15)22-20(21)24(18)6/h7-10,12H,11H2,1-6H3. The molecule has 2 heterocycles. The molecule has 0 saturated heterocycles. The van der Waals surface area contributed by atoms with Gasteiger partial charge in [-0.3, -0.25) is 4.79 Å². The zero-order valence-corrected chi connectivity index (χ0v) is 16.9. The maximum absolute atomic E-state index is 13.2. The molecular weight excluding hydrogens is 348 g/mol. The van der Waals surface area contributed by atoms with Crippen LogP contribution in [0.4, 0.5) is 0 Å². The van der Waals surface area contributed by atoms with Gasteiger partial charge in [-0.05, 0) is 69.1 Å². The van der Waals surface area contributed by atoms with Crippen molar-refractivity contribution >= 4 is 28.5 Å². The predicted octanol–water partition coefficient (Wildman–Crippen LogP) is 4.23. The molecule has 0 atom stereocenters. The molecule has 3 aromatic rings. The summed E-state index contributed by atoms with van der Waals surface area (Å²) in [6, 6.07) is 7.81. The minimum absolute atomic E-state index is 0.00424. The first-order chi connectivity index (χ1) is 12.2. The number of benzene rings is 1. The minimum atomic E-state index is 0.00424. The van der Waals surface area contributed by atoms with E-state index in [9.17, 15) is 4.79 Å². The molecule has 0 unspecified atom stereocenters. The fourth-order valence-corrected chi connectivity index (χ4v) is 3.42. The highest BCUT2D eigenvalue weighted by Crippen LogP contribution is 2.23. The minimum Gasteiger partial charge on any atom is -0.352 e. The Kier molecular flexibility index (Phi) is 4.84. The van der Waals surface area contributed by atoms with E-state index in [0.29, 0.717) is 17.4 Å². The lowest BCUT2D eigenvalue weighted by Crippen LogP contribution is -2.36. The highest BCUT2D eigenvalue weighted by atomic mass is 35.5. The second-order valence-electron chi connectivity index (χ2n) is 7.13. The third-order valence-electron chi connectivity index (χ3n) is 5.18. The summed E-state index contributed by atoms with van der Waals surface area (Å²) in [6.45, 7) is 8.84. The van der Waals surface area contributed by atoms with E-state index in [1.54, 1.807) is 0 Å². The molecule has 0 saturated carbocycles. The van der Waals surface area contributed by atoms with Crippen molar-refractivity contribution in [3.63, 3.8) is 0 Å². The van der Waals surface area contributed by atoms with Crippen LogP contribution in [0.3, 0.4) is 0 Å². The van der Waals surface area contributed by atoms with Gasteiger partial charge < -0.3 is 14.0 Å². The summed E-state index contributed by atoms with van der Waals surface area (Å²) in [5.41, 5.74) is 5.84. The average Bonchev–Trinajstić information content (AvgIpc) is 3.02. The first-order valence-electron chi connectivity index (χ1n) is 8.75. The molecule has 0 spiro atoms. The molecule has 3 rings (SSSR count). The van der Waals surface area contributed by atoms with Crippen molar-refractivity contribution in [3.8, 4) is 0 Å². The molecule has 0 N–H and O–H groups in total. The summed E-state index contributed by atoms with van der Waals surface area (Å²) in [5.74, 6) is 0.00424. The number of aryl methyl sites for hydroxylation is 2. The number of amides is 1. The van der Waals surface area contributed by atoms with E-state index >= 15 is 0 Å². The van der Waals surface area contributed by atoms with Gasteiger partial charge in [0, 0.05) is 43.6 Å². The number of carbonyl (C=O) groups is 1. The van der Waals surface area contributed by atoms with Crippen molar-refractivity contribution in [2.24, 2.45) is 14.1 Å². The largest absolute Gasteiger partial charge is 0.352 e. The van der Waals surface area contributed by atoms with Crippen molar-refractivity contribution in [3.05, 3.63) is 52.1 Å². The second-order valence-corrected chi connectivity index (χ2v) is 7.46. The van der Waals surface area contributed by atoms with Crippen LogP contribution in [0, 0.1) is 13.8 Å². The summed E-state index contributed by atoms with van der Waals surface area (Å²) in [6.07, 6.45) is 0. The predicted molar refractivity (Wildman–Crippen MR) is 106 cm³/mol. The van der Waals surface area contributed by atoms with Gasteiger partial charge in [-0.15, -0.1) is 0 Å². The number of rotatable bonds is 4. The van der Waals surface area contributed by atoms with E-state index in [1.807, 2.05) is 48.6 Å². The van der Waals surface area contributed by atoms with Crippen molar-refractivity contribution < 1.29 is 4.79 Å². The van der Waals surface area contributed by atoms with Crippen molar-refractivity contribution in [1.29, 1.82) is 0 Å². The molecule has 2 aromatic heterocycles. The lowest BCUT2D eigenvalue weighted by atomic mass is 10.1. The van der Waals surface area contributed by atoms with E-state index in [0.717, 1.165) is 11.0 Å². The van der Waals surface area contributed by atoms with Crippen LogP contribution in [0.2, 0.25) is 5.28 Å². The normalized spacial score (nSPS) is 11.5.